The Labute approximate surface area is 177 Å². The van der Waals surface area contributed by atoms with E-state index in [-0.39, 0.29) is 24.8 Å². The molecule has 6 nitrogen and oxygen atoms in total. The van der Waals surface area contributed by atoms with Crippen molar-refractivity contribution >= 4 is 23.2 Å². The monoisotopic (exact) mass is 428 g/mol. The van der Waals surface area contributed by atoms with Gasteiger partial charge in [-0.15, -0.1) is 11.3 Å². The molecule has 1 unspecified atom stereocenters. The molecule has 3 aromatic rings. The van der Waals surface area contributed by atoms with E-state index in [1.807, 2.05) is 17.5 Å². The van der Waals surface area contributed by atoms with E-state index in [0.29, 0.717) is 16.5 Å². The van der Waals surface area contributed by atoms with Crippen LogP contribution in [0.3, 0.4) is 0 Å². The van der Waals surface area contributed by atoms with Gasteiger partial charge < -0.3 is 14.8 Å². The van der Waals surface area contributed by atoms with Gasteiger partial charge in [0.05, 0.1) is 12.8 Å². The topological polar surface area (TPSA) is 77.5 Å². The van der Waals surface area contributed by atoms with Crippen LogP contribution in [0.4, 0.5) is 4.39 Å². The number of nitrogens with zero attached hydrogens (tertiary/aromatic N) is 1. The molecular weight excluding hydrogens is 407 g/mol. The van der Waals surface area contributed by atoms with Gasteiger partial charge in [0.2, 0.25) is 5.91 Å². The van der Waals surface area contributed by atoms with Crippen LogP contribution in [0.1, 0.15) is 17.5 Å². The summed E-state index contributed by atoms with van der Waals surface area (Å²) in [6.45, 7) is 1.33. The number of methoxy groups -OCH3 is 1. The zero-order chi connectivity index (χ0) is 21.5. The molecule has 1 N–H and O–H groups in total. The Morgan fingerprint density at radius 3 is 2.67 bits per heavy atom. The van der Waals surface area contributed by atoms with Crippen molar-refractivity contribution in [3.63, 3.8) is 0 Å². The predicted octanol–water partition coefficient (Wildman–Crippen LogP) is 3.75. The molecule has 30 heavy (non-hydrogen) atoms. The Hall–Kier alpha value is -3.26. The molecule has 0 aliphatic rings. The summed E-state index contributed by atoms with van der Waals surface area (Å²) < 4.78 is 23.7. The number of hydrogen-bond donors (Lipinski definition) is 1. The molecule has 8 heteroatoms. The molecule has 1 aromatic heterocycles. The lowest BCUT2D eigenvalue weighted by Crippen LogP contribution is -2.42. The standard InChI is InChI=1S/C22H21FN2O4S/c1-14(26)24-19(11-15-4-3-5-18(10-15)28-2)22(27)29-12-21-25-20(13-30-21)16-6-8-17(23)9-7-16/h3-10,13,19H,11-12H2,1-2H3,(H,24,26). The Balaban J connectivity index is 1.64. The lowest BCUT2D eigenvalue weighted by Gasteiger charge is -2.17. The molecule has 1 atom stereocenters. The molecule has 0 saturated heterocycles. The van der Waals surface area contributed by atoms with Gasteiger partial charge >= 0.3 is 5.97 Å². The van der Waals surface area contributed by atoms with E-state index in [0.717, 1.165) is 11.1 Å². The summed E-state index contributed by atoms with van der Waals surface area (Å²) in [5.74, 6) is -0.527. The molecule has 2 aromatic carbocycles. The van der Waals surface area contributed by atoms with Crippen LogP contribution in [0.25, 0.3) is 11.3 Å². The molecule has 0 saturated carbocycles. The van der Waals surface area contributed by atoms with Gasteiger partial charge in [-0.1, -0.05) is 12.1 Å². The second-order valence-electron chi connectivity index (χ2n) is 6.55. The molecule has 1 heterocycles. The summed E-state index contributed by atoms with van der Waals surface area (Å²) in [5, 5.41) is 5.05. The van der Waals surface area contributed by atoms with E-state index >= 15 is 0 Å². The van der Waals surface area contributed by atoms with Crippen LogP contribution in [0.2, 0.25) is 0 Å². The first-order valence-corrected chi connectivity index (χ1v) is 10.1. The third-order valence-electron chi connectivity index (χ3n) is 4.27. The maximum atomic E-state index is 13.1. The van der Waals surface area contributed by atoms with Crippen molar-refractivity contribution in [3.05, 3.63) is 70.3 Å². The number of esters is 1. The van der Waals surface area contributed by atoms with E-state index in [4.69, 9.17) is 9.47 Å². The molecule has 0 aliphatic heterocycles. The Morgan fingerprint density at radius 2 is 1.97 bits per heavy atom. The maximum Gasteiger partial charge on any atom is 0.329 e. The van der Waals surface area contributed by atoms with Gasteiger partial charge in [0.25, 0.3) is 0 Å². The highest BCUT2D eigenvalue weighted by atomic mass is 32.1. The normalized spacial score (nSPS) is 11.6. The molecule has 0 spiro atoms. The second kappa shape index (κ2) is 9.98. The van der Waals surface area contributed by atoms with Crippen molar-refractivity contribution in [2.24, 2.45) is 0 Å². The predicted molar refractivity (Wildman–Crippen MR) is 112 cm³/mol. The van der Waals surface area contributed by atoms with Crippen molar-refractivity contribution in [1.29, 1.82) is 0 Å². The summed E-state index contributed by atoms with van der Waals surface area (Å²) in [6, 6.07) is 12.5. The van der Waals surface area contributed by atoms with E-state index in [1.165, 1.54) is 30.4 Å². The first kappa shape index (κ1) is 21.4. The molecule has 0 aliphatic carbocycles. The minimum Gasteiger partial charge on any atom is -0.497 e. The average Bonchev–Trinajstić information content (AvgIpc) is 3.21. The molecule has 3 rings (SSSR count). The SMILES string of the molecule is COc1cccc(CC(NC(C)=O)C(=O)OCc2nc(-c3ccc(F)cc3)cs2)c1. The van der Waals surface area contributed by atoms with Gasteiger partial charge in [-0.05, 0) is 42.0 Å². The van der Waals surface area contributed by atoms with E-state index in [9.17, 15) is 14.0 Å². The van der Waals surface area contributed by atoms with Gasteiger partial charge in [-0.3, -0.25) is 4.79 Å². The second-order valence-corrected chi connectivity index (χ2v) is 7.49. The third kappa shape index (κ3) is 5.87. The van der Waals surface area contributed by atoms with Gasteiger partial charge in [0.15, 0.2) is 0 Å². The highest BCUT2D eigenvalue weighted by Crippen LogP contribution is 2.23. The third-order valence-corrected chi connectivity index (χ3v) is 5.09. The number of hydrogen-bond acceptors (Lipinski definition) is 6. The fraction of sp³-hybridized carbons (Fsp3) is 0.227. The van der Waals surface area contributed by atoms with Crippen molar-refractivity contribution < 1.29 is 23.5 Å². The number of halogens is 1. The lowest BCUT2D eigenvalue weighted by molar-refractivity contribution is -0.149. The maximum absolute atomic E-state index is 13.1. The highest BCUT2D eigenvalue weighted by molar-refractivity contribution is 7.09. The molecular formula is C22H21FN2O4S. The van der Waals surface area contributed by atoms with Crippen molar-refractivity contribution in [2.75, 3.05) is 7.11 Å². The number of rotatable bonds is 8. The van der Waals surface area contributed by atoms with Crippen LogP contribution in [-0.2, 0) is 27.4 Å². The zero-order valence-corrected chi connectivity index (χ0v) is 17.4. The number of amides is 1. The molecule has 156 valence electrons. The van der Waals surface area contributed by atoms with E-state index < -0.39 is 12.0 Å². The number of carbonyl (C=O) groups is 2. The zero-order valence-electron chi connectivity index (χ0n) is 16.6. The summed E-state index contributed by atoms with van der Waals surface area (Å²) in [4.78, 5) is 28.6. The first-order chi connectivity index (χ1) is 14.4. The number of benzene rings is 2. The minimum absolute atomic E-state index is 0.0150. The first-order valence-electron chi connectivity index (χ1n) is 9.21. The Bertz CT molecular complexity index is 1020. The van der Waals surface area contributed by atoms with Crippen molar-refractivity contribution in [3.8, 4) is 17.0 Å². The smallest absolute Gasteiger partial charge is 0.329 e. The Kier molecular flexibility index (Phi) is 7.13. The lowest BCUT2D eigenvalue weighted by atomic mass is 10.1. The van der Waals surface area contributed by atoms with Gasteiger partial charge in [-0.25, -0.2) is 14.2 Å². The molecule has 1 amide bonds. The molecule has 0 radical (unpaired) electrons. The quantitative estimate of drug-likeness (QED) is 0.553. The van der Waals surface area contributed by atoms with Crippen LogP contribution < -0.4 is 10.1 Å². The van der Waals surface area contributed by atoms with Gasteiger partial charge in [0.1, 0.15) is 29.2 Å². The van der Waals surface area contributed by atoms with Crippen molar-refractivity contribution in [1.82, 2.24) is 10.3 Å². The summed E-state index contributed by atoms with van der Waals surface area (Å²) >= 11 is 1.34. The number of thiazole rings is 1. The van der Waals surface area contributed by atoms with Crippen LogP contribution in [0.15, 0.2) is 53.9 Å². The van der Waals surface area contributed by atoms with Crippen LogP contribution in [0.5, 0.6) is 5.75 Å². The number of carbonyl (C=O) groups excluding carboxylic acids is 2. The summed E-state index contributed by atoms with van der Waals surface area (Å²) in [5.41, 5.74) is 2.29. The van der Waals surface area contributed by atoms with Crippen molar-refractivity contribution in [2.45, 2.75) is 26.0 Å². The van der Waals surface area contributed by atoms with Gasteiger partial charge in [0, 0.05) is 24.3 Å². The van der Waals surface area contributed by atoms with Crippen LogP contribution in [-0.4, -0.2) is 30.0 Å². The van der Waals surface area contributed by atoms with Crippen LogP contribution in [0, 0.1) is 5.82 Å². The van der Waals surface area contributed by atoms with Crippen LogP contribution >= 0.6 is 11.3 Å². The summed E-state index contributed by atoms with van der Waals surface area (Å²) in [7, 11) is 1.56. The Morgan fingerprint density at radius 1 is 1.20 bits per heavy atom. The highest BCUT2D eigenvalue weighted by Gasteiger charge is 2.22. The molecule has 0 fully saturated rings. The summed E-state index contributed by atoms with van der Waals surface area (Å²) in [6.07, 6.45) is 0.272. The minimum atomic E-state index is -0.828. The fourth-order valence-corrected chi connectivity index (χ4v) is 3.55. The number of ether oxygens (including phenoxy) is 2. The van der Waals surface area contributed by atoms with E-state index in [2.05, 4.69) is 10.3 Å². The van der Waals surface area contributed by atoms with E-state index in [1.54, 1.807) is 31.4 Å². The fourth-order valence-electron chi connectivity index (χ4n) is 2.84. The number of nitrogens with one attached hydrogen (secondary N) is 1. The number of aromatic nitrogens is 1. The molecule has 0 bridgehead atoms. The largest absolute Gasteiger partial charge is 0.497 e. The average molecular weight is 428 g/mol. The van der Waals surface area contributed by atoms with Gasteiger partial charge in [-0.2, -0.15) is 0 Å².